The molecule has 104 valence electrons. The van der Waals surface area contributed by atoms with Crippen molar-refractivity contribution in [2.24, 2.45) is 0 Å². The smallest absolute Gasteiger partial charge is 0.323 e. The molecule has 0 spiro atoms. The number of nitrogens with two attached hydrogens (primary N) is 1. The van der Waals surface area contributed by atoms with Crippen molar-refractivity contribution < 1.29 is 19.1 Å². The molecule has 5 nitrogen and oxygen atoms in total. The second-order valence-corrected chi connectivity index (χ2v) is 5.19. The molecular formula is C13H17FN2O3. The van der Waals surface area contributed by atoms with E-state index < -0.39 is 29.8 Å². The van der Waals surface area contributed by atoms with Crippen LogP contribution in [0.4, 0.5) is 10.1 Å². The molecule has 0 aliphatic heterocycles. The molecule has 1 aromatic carbocycles. The van der Waals surface area contributed by atoms with Crippen LogP contribution in [0.5, 0.6) is 0 Å². The van der Waals surface area contributed by atoms with Crippen molar-refractivity contribution in [3.63, 3.8) is 0 Å². The first-order valence-corrected chi connectivity index (χ1v) is 5.71. The number of carbonyl (C=O) groups is 2. The predicted molar refractivity (Wildman–Crippen MR) is 69.2 cm³/mol. The van der Waals surface area contributed by atoms with E-state index in [1.165, 1.54) is 6.07 Å². The Labute approximate surface area is 110 Å². The summed E-state index contributed by atoms with van der Waals surface area (Å²) >= 11 is 0. The van der Waals surface area contributed by atoms with Crippen LogP contribution in [0.15, 0.2) is 18.2 Å². The van der Waals surface area contributed by atoms with Crippen molar-refractivity contribution in [3.05, 3.63) is 29.6 Å². The van der Waals surface area contributed by atoms with Crippen LogP contribution >= 0.6 is 0 Å². The van der Waals surface area contributed by atoms with Gasteiger partial charge in [0, 0.05) is 11.2 Å². The molecule has 0 fully saturated rings. The topological polar surface area (TPSA) is 83.6 Å². The lowest BCUT2D eigenvalue weighted by Gasteiger charge is -2.34. The second kappa shape index (κ2) is 5.26. The minimum atomic E-state index is -1.14. The number of carboxylic acid groups (broad SMARTS) is 1. The molecule has 0 saturated carbocycles. The number of nitrogen functional groups attached to an aromatic ring is 1. The van der Waals surface area contributed by atoms with E-state index in [1.807, 2.05) is 0 Å². The first kappa shape index (κ1) is 14.9. The van der Waals surface area contributed by atoms with Gasteiger partial charge in [0.1, 0.15) is 12.4 Å². The number of anilines is 1. The summed E-state index contributed by atoms with van der Waals surface area (Å²) in [7, 11) is 0. The van der Waals surface area contributed by atoms with Crippen LogP contribution in [0.1, 0.15) is 31.1 Å². The highest BCUT2D eigenvalue weighted by Gasteiger charge is 2.30. The molecule has 0 aromatic heterocycles. The van der Waals surface area contributed by atoms with Gasteiger partial charge in [-0.05, 0) is 39.0 Å². The standard InChI is InChI=1S/C13H17FN2O3/c1-13(2,3)16(7-11(17)18)12(19)9-6-8(14)4-5-10(9)15/h4-6H,7,15H2,1-3H3,(H,17,18). The Balaban J connectivity index is 3.19. The van der Waals surface area contributed by atoms with Crippen molar-refractivity contribution in [3.8, 4) is 0 Å². The average molecular weight is 268 g/mol. The number of hydrogen-bond acceptors (Lipinski definition) is 3. The molecule has 0 radical (unpaired) electrons. The van der Waals surface area contributed by atoms with Gasteiger partial charge in [-0.3, -0.25) is 9.59 Å². The number of nitrogens with zero attached hydrogens (tertiary/aromatic N) is 1. The van der Waals surface area contributed by atoms with Crippen LogP contribution in [0.3, 0.4) is 0 Å². The van der Waals surface area contributed by atoms with E-state index in [2.05, 4.69) is 0 Å². The molecule has 6 heteroatoms. The Morgan fingerprint density at radius 3 is 2.42 bits per heavy atom. The molecular weight excluding hydrogens is 251 g/mol. The monoisotopic (exact) mass is 268 g/mol. The fourth-order valence-corrected chi connectivity index (χ4v) is 1.61. The predicted octanol–water partition coefficient (Wildman–Crippen LogP) is 1.73. The van der Waals surface area contributed by atoms with E-state index in [0.29, 0.717) is 0 Å². The summed E-state index contributed by atoms with van der Waals surface area (Å²) in [6.45, 7) is 4.62. The number of hydrogen-bond donors (Lipinski definition) is 2. The normalized spacial score (nSPS) is 11.2. The van der Waals surface area contributed by atoms with Crippen molar-refractivity contribution in [2.75, 3.05) is 12.3 Å². The molecule has 0 aliphatic rings. The minimum Gasteiger partial charge on any atom is -0.480 e. The van der Waals surface area contributed by atoms with Gasteiger partial charge in [-0.1, -0.05) is 0 Å². The summed E-state index contributed by atoms with van der Waals surface area (Å²) in [5.41, 5.74) is 5.01. The molecule has 1 aromatic rings. The minimum absolute atomic E-state index is 0.0313. The van der Waals surface area contributed by atoms with Gasteiger partial charge in [-0.15, -0.1) is 0 Å². The lowest BCUT2D eigenvalue weighted by molar-refractivity contribution is -0.138. The SMILES string of the molecule is CC(C)(C)N(CC(=O)O)C(=O)c1cc(F)ccc1N. The quantitative estimate of drug-likeness (QED) is 0.818. The first-order valence-electron chi connectivity index (χ1n) is 5.71. The summed E-state index contributed by atoms with van der Waals surface area (Å²) in [6, 6.07) is 3.44. The van der Waals surface area contributed by atoms with Gasteiger partial charge in [0.2, 0.25) is 0 Å². The molecule has 19 heavy (non-hydrogen) atoms. The van der Waals surface area contributed by atoms with E-state index >= 15 is 0 Å². The maximum atomic E-state index is 13.2. The third-order valence-corrected chi connectivity index (χ3v) is 2.59. The number of carboxylic acids is 1. The highest BCUT2D eigenvalue weighted by atomic mass is 19.1. The van der Waals surface area contributed by atoms with Crippen molar-refractivity contribution in [2.45, 2.75) is 26.3 Å². The number of rotatable bonds is 3. The van der Waals surface area contributed by atoms with Crippen LogP contribution in [-0.4, -0.2) is 34.0 Å². The Hall–Kier alpha value is -2.11. The van der Waals surface area contributed by atoms with Crippen molar-refractivity contribution in [1.29, 1.82) is 0 Å². The van der Waals surface area contributed by atoms with E-state index in [9.17, 15) is 14.0 Å². The largest absolute Gasteiger partial charge is 0.480 e. The third kappa shape index (κ3) is 3.67. The first-order chi connectivity index (χ1) is 8.62. The molecule has 0 bridgehead atoms. The van der Waals surface area contributed by atoms with E-state index in [0.717, 1.165) is 17.0 Å². The summed E-state index contributed by atoms with van der Waals surface area (Å²) in [4.78, 5) is 24.3. The Morgan fingerprint density at radius 1 is 1.37 bits per heavy atom. The maximum Gasteiger partial charge on any atom is 0.323 e. The number of halogens is 1. The van der Waals surface area contributed by atoms with E-state index in [4.69, 9.17) is 10.8 Å². The molecule has 0 atom stereocenters. The maximum absolute atomic E-state index is 13.2. The molecule has 0 unspecified atom stereocenters. The Bertz CT molecular complexity index is 509. The molecule has 0 saturated heterocycles. The van der Waals surface area contributed by atoms with E-state index in [1.54, 1.807) is 20.8 Å². The Kier molecular flexibility index (Phi) is 4.14. The van der Waals surface area contributed by atoms with Gasteiger partial charge in [0.25, 0.3) is 5.91 Å². The van der Waals surface area contributed by atoms with Crippen LogP contribution in [0.25, 0.3) is 0 Å². The number of amides is 1. The zero-order valence-corrected chi connectivity index (χ0v) is 11.1. The highest BCUT2D eigenvalue weighted by molar-refractivity contribution is 6.00. The highest BCUT2D eigenvalue weighted by Crippen LogP contribution is 2.21. The zero-order chi connectivity index (χ0) is 14.8. The fraction of sp³-hybridized carbons (Fsp3) is 0.385. The Morgan fingerprint density at radius 2 is 1.95 bits per heavy atom. The van der Waals surface area contributed by atoms with Crippen LogP contribution in [-0.2, 0) is 4.79 Å². The van der Waals surface area contributed by atoms with Crippen molar-refractivity contribution in [1.82, 2.24) is 4.90 Å². The lowest BCUT2D eigenvalue weighted by Crippen LogP contribution is -2.48. The summed E-state index contributed by atoms with van der Waals surface area (Å²) in [6.07, 6.45) is 0. The second-order valence-electron chi connectivity index (χ2n) is 5.19. The van der Waals surface area contributed by atoms with Gasteiger partial charge in [0.15, 0.2) is 0 Å². The average Bonchev–Trinajstić information content (AvgIpc) is 2.26. The summed E-state index contributed by atoms with van der Waals surface area (Å²) in [5, 5.41) is 8.87. The van der Waals surface area contributed by atoms with Crippen LogP contribution in [0, 0.1) is 5.82 Å². The van der Waals surface area contributed by atoms with E-state index in [-0.39, 0.29) is 11.3 Å². The van der Waals surface area contributed by atoms with Gasteiger partial charge in [0.05, 0.1) is 5.56 Å². The zero-order valence-electron chi connectivity index (χ0n) is 11.1. The molecule has 1 amide bonds. The van der Waals surface area contributed by atoms with Gasteiger partial charge < -0.3 is 15.7 Å². The molecule has 3 N–H and O–H groups in total. The summed E-state index contributed by atoms with van der Waals surface area (Å²) < 4.78 is 13.2. The number of benzene rings is 1. The number of carbonyl (C=O) groups excluding carboxylic acids is 1. The fourth-order valence-electron chi connectivity index (χ4n) is 1.61. The third-order valence-electron chi connectivity index (χ3n) is 2.59. The molecule has 0 aliphatic carbocycles. The van der Waals surface area contributed by atoms with Gasteiger partial charge in [-0.2, -0.15) is 0 Å². The lowest BCUT2D eigenvalue weighted by atomic mass is 10.0. The van der Waals surface area contributed by atoms with Gasteiger partial charge >= 0.3 is 5.97 Å². The number of aliphatic carboxylic acids is 1. The molecule has 1 rings (SSSR count). The van der Waals surface area contributed by atoms with Crippen molar-refractivity contribution >= 4 is 17.6 Å². The van der Waals surface area contributed by atoms with Crippen LogP contribution < -0.4 is 5.73 Å². The van der Waals surface area contributed by atoms with Gasteiger partial charge in [-0.25, -0.2) is 4.39 Å². The summed E-state index contributed by atoms with van der Waals surface area (Å²) in [5.74, 6) is -2.34. The molecule has 0 heterocycles. The van der Waals surface area contributed by atoms with Crippen LogP contribution in [0.2, 0.25) is 0 Å².